The van der Waals surface area contributed by atoms with E-state index in [0.29, 0.717) is 25.2 Å². The van der Waals surface area contributed by atoms with E-state index in [4.69, 9.17) is 14.2 Å². The van der Waals surface area contributed by atoms with Crippen LogP contribution in [0.25, 0.3) is 0 Å². The lowest BCUT2D eigenvalue weighted by Gasteiger charge is -2.33. The van der Waals surface area contributed by atoms with E-state index in [1.165, 1.54) is 12.8 Å². The van der Waals surface area contributed by atoms with Gasteiger partial charge in [-0.05, 0) is 62.8 Å². The van der Waals surface area contributed by atoms with E-state index in [0.717, 1.165) is 50.1 Å². The number of nitrogens with zero attached hydrogens (tertiary/aromatic N) is 1. The Hall–Kier alpha value is -1.59. The molecule has 5 nitrogen and oxygen atoms in total. The van der Waals surface area contributed by atoms with Gasteiger partial charge >= 0.3 is 0 Å². The fraction of sp³-hybridized carbons (Fsp3) is 0.650. The molecule has 25 heavy (non-hydrogen) atoms. The van der Waals surface area contributed by atoms with Gasteiger partial charge in [-0.25, -0.2) is 0 Å². The largest absolute Gasteiger partial charge is 0.490 e. The Morgan fingerprint density at radius 1 is 0.960 bits per heavy atom. The Labute approximate surface area is 149 Å². The molecule has 0 unspecified atom stereocenters. The molecular formula is C20H27NO4. The van der Waals surface area contributed by atoms with Crippen molar-refractivity contribution in [3.63, 3.8) is 0 Å². The fourth-order valence-corrected chi connectivity index (χ4v) is 4.08. The second-order valence-corrected chi connectivity index (χ2v) is 7.29. The van der Waals surface area contributed by atoms with Crippen LogP contribution in [0.2, 0.25) is 0 Å². The van der Waals surface area contributed by atoms with Crippen molar-refractivity contribution in [2.45, 2.75) is 50.9 Å². The van der Waals surface area contributed by atoms with Gasteiger partial charge in [0.2, 0.25) is 0 Å². The van der Waals surface area contributed by atoms with Crippen LogP contribution in [0.1, 0.15) is 48.9 Å². The Morgan fingerprint density at radius 2 is 1.60 bits per heavy atom. The summed E-state index contributed by atoms with van der Waals surface area (Å²) in [5.74, 6) is 1.39. The van der Waals surface area contributed by atoms with Crippen LogP contribution < -0.4 is 4.74 Å². The van der Waals surface area contributed by atoms with Gasteiger partial charge < -0.3 is 19.1 Å². The summed E-state index contributed by atoms with van der Waals surface area (Å²) in [7, 11) is 0. The minimum atomic E-state index is -0.0655. The summed E-state index contributed by atoms with van der Waals surface area (Å²) in [6.45, 7) is 2.93. The summed E-state index contributed by atoms with van der Waals surface area (Å²) in [6, 6.07) is 7.64. The molecule has 3 aliphatic rings. The van der Waals surface area contributed by atoms with Crippen LogP contribution in [0, 0.1) is 5.92 Å². The molecule has 0 aromatic heterocycles. The van der Waals surface area contributed by atoms with E-state index < -0.39 is 0 Å². The molecule has 0 bridgehead atoms. The number of likely N-dealkylation sites (tertiary alicyclic amines) is 1. The first-order valence-corrected chi connectivity index (χ1v) is 9.59. The Bertz CT molecular complexity index is 568. The molecule has 1 saturated carbocycles. The van der Waals surface area contributed by atoms with Crippen LogP contribution in [0.5, 0.6) is 5.75 Å². The normalized spacial score (nSPS) is 23.3. The van der Waals surface area contributed by atoms with Gasteiger partial charge in [0, 0.05) is 24.6 Å². The Kier molecular flexibility index (Phi) is 5.22. The molecule has 0 radical (unpaired) electrons. The number of carbonyl (C=O) groups is 1. The first-order valence-electron chi connectivity index (χ1n) is 9.59. The van der Waals surface area contributed by atoms with E-state index in [9.17, 15) is 4.79 Å². The second-order valence-electron chi connectivity index (χ2n) is 7.29. The van der Waals surface area contributed by atoms with Crippen molar-refractivity contribution in [2.75, 3.05) is 26.3 Å². The molecule has 3 fully saturated rings. The highest BCUT2D eigenvalue weighted by molar-refractivity contribution is 5.94. The van der Waals surface area contributed by atoms with Gasteiger partial charge in [-0.3, -0.25) is 4.79 Å². The van der Waals surface area contributed by atoms with Crippen LogP contribution in [-0.2, 0) is 9.47 Å². The zero-order valence-electron chi connectivity index (χ0n) is 14.7. The maximum atomic E-state index is 12.7. The first kappa shape index (κ1) is 16.9. The average Bonchev–Trinajstić information content (AvgIpc) is 3.36. The molecule has 1 aromatic rings. The van der Waals surface area contributed by atoms with E-state index in [-0.39, 0.29) is 12.2 Å². The monoisotopic (exact) mass is 345 g/mol. The lowest BCUT2D eigenvalue weighted by atomic mass is 9.95. The number of ether oxygens (including phenoxy) is 3. The number of hydrogen-bond acceptors (Lipinski definition) is 4. The molecule has 4 rings (SSSR count). The highest BCUT2D eigenvalue weighted by Gasteiger charge is 2.32. The second kappa shape index (κ2) is 7.75. The van der Waals surface area contributed by atoms with Gasteiger partial charge in [0.25, 0.3) is 5.91 Å². The van der Waals surface area contributed by atoms with Crippen molar-refractivity contribution in [3.05, 3.63) is 29.8 Å². The zero-order valence-corrected chi connectivity index (χ0v) is 14.7. The molecule has 1 amide bonds. The molecule has 1 aromatic carbocycles. The summed E-state index contributed by atoms with van der Waals surface area (Å²) >= 11 is 0. The van der Waals surface area contributed by atoms with Crippen molar-refractivity contribution >= 4 is 5.91 Å². The number of amides is 1. The minimum absolute atomic E-state index is 0.0655. The molecule has 0 N–H and O–H groups in total. The van der Waals surface area contributed by atoms with Crippen molar-refractivity contribution < 1.29 is 19.0 Å². The van der Waals surface area contributed by atoms with Gasteiger partial charge in [0.15, 0.2) is 6.29 Å². The van der Waals surface area contributed by atoms with Crippen LogP contribution in [-0.4, -0.2) is 49.5 Å². The minimum Gasteiger partial charge on any atom is -0.490 e. The van der Waals surface area contributed by atoms with Crippen molar-refractivity contribution in [2.24, 2.45) is 5.92 Å². The maximum absolute atomic E-state index is 12.7. The maximum Gasteiger partial charge on any atom is 0.253 e. The third-order valence-electron chi connectivity index (χ3n) is 5.57. The molecule has 136 valence electrons. The Morgan fingerprint density at radius 3 is 2.24 bits per heavy atom. The Balaban J connectivity index is 1.30. The predicted octanol–water partition coefficient (Wildman–Crippen LogP) is 3.23. The van der Waals surface area contributed by atoms with Crippen LogP contribution >= 0.6 is 0 Å². The first-order chi connectivity index (χ1) is 12.3. The smallest absolute Gasteiger partial charge is 0.253 e. The third kappa shape index (κ3) is 3.98. The topological polar surface area (TPSA) is 48.0 Å². The lowest BCUT2D eigenvalue weighted by Crippen LogP contribution is -2.41. The predicted molar refractivity (Wildman–Crippen MR) is 93.6 cm³/mol. The average molecular weight is 345 g/mol. The van der Waals surface area contributed by atoms with Gasteiger partial charge in [0.05, 0.1) is 19.3 Å². The van der Waals surface area contributed by atoms with E-state index in [1.54, 1.807) is 0 Å². The number of rotatable bonds is 4. The molecule has 1 aliphatic carbocycles. The summed E-state index contributed by atoms with van der Waals surface area (Å²) < 4.78 is 17.2. The number of benzene rings is 1. The highest BCUT2D eigenvalue weighted by Crippen LogP contribution is 2.27. The number of carbonyl (C=O) groups excluding carboxylic acids is 1. The van der Waals surface area contributed by atoms with Gasteiger partial charge in [-0.1, -0.05) is 0 Å². The highest BCUT2D eigenvalue weighted by atomic mass is 16.7. The quantitative estimate of drug-likeness (QED) is 0.841. The molecular weight excluding hydrogens is 318 g/mol. The van der Waals surface area contributed by atoms with Crippen LogP contribution in [0.15, 0.2) is 24.3 Å². The summed E-state index contributed by atoms with van der Waals surface area (Å²) in [6.07, 6.45) is 6.97. The van der Waals surface area contributed by atoms with Crippen molar-refractivity contribution in [1.29, 1.82) is 0 Å². The molecule has 0 atom stereocenters. The van der Waals surface area contributed by atoms with Gasteiger partial charge in [-0.2, -0.15) is 0 Å². The van der Waals surface area contributed by atoms with Crippen molar-refractivity contribution in [1.82, 2.24) is 4.90 Å². The summed E-state index contributed by atoms with van der Waals surface area (Å²) in [4.78, 5) is 14.6. The molecule has 2 saturated heterocycles. The third-order valence-corrected chi connectivity index (χ3v) is 5.57. The molecule has 5 heteroatoms. The van der Waals surface area contributed by atoms with E-state index in [1.807, 2.05) is 29.2 Å². The van der Waals surface area contributed by atoms with Gasteiger partial charge in [-0.15, -0.1) is 0 Å². The molecule has 0 spiro atoms. The fourth-order valence-electron chi connectivity index (χ4n) is 4.08. The van der Waals surface area contributed by atoms with E-state index >= 15 is 0 Å². The standard InChI is InChI=1S/C20H27NO4/c22-19(21-11-9-16(10-12-21)20-23-13-14-24-20)15-5-7-18(8-6-15)25-17-3-1-2-4-17/h5-8,16-17,20H,1-4,9-14H2. The van der Waals surface area contributed by atoms with Crippen LogP contribution in [0.4, 0.5) is 0 Å². The zero-order chi connectivity index (χ0) is 17.1. The summed E-state index contributed by atoms with van der Waals surface area (Å²) in [5.41, 5.74) is 0.741. The molecule has 2 aliphatic heterocycles. The van der Waals surface area contributed by atoms with E-state index in [2.05, 4.69) is 0 Å². The lowest BCUT2D eigenvalue weighted by molar-refractivity contribution is -0.0956. The van der Waals surface area contributed by atoms with Gasteiger partial charge in [0.1, 0.15) is 5.75 Å². The van der Waals surface area contributed by atoms with Crippen molar-refractivity contribution in [3.8, 4) is 5.75 Å². The number of piperidine rings is 1. The van der Waals surface area contributed by atoms with Crippen LogP contribution in [0.3, 0.4) is 0 Å². The summed E-state index contributed by atoms with van der Waals surface area (Å²) in [5, 5.41) is 0. The molecule has 2 heterocycles. The SMILES string of the molecule is O=C(c1ccc(OC2CCCC2)cc1)N1CCC(C2OCCO2)CC1. The number of hydrogen-bond donors (Lipinski definition) is 0.